The molecule has 0 aromatic heterocycles. The van der Waals surface area contributed by atoms with Gasteiger partial charge in [-0.15, -0.1) is 0 Å². The predicted molar refractivity (Wildman–Crippen MR) is 81.0 cm³/mol. The van der Waals surface area contributed by atoms with Gasteiger partial charge < -0.3 is 0 Å². The Hall–Kier alpha value is -0.270. The van der Waals surface area contributed by atoms with Crippen molar-refractivity contribution in [2.75, 3.05) is 6.67 Å². The normalized spacial score (nSPS) is 23.5. The van der Waals surface area contributed by atoms with Crippen molar-refractivity contribution in [3.8, 4) is 0 Å². The summed E-state index contributed by atoms with van der Waals surface area (Å²) >= 11 is 12.1. The van der Waals surface area contributed by atoms with Crippen LogP contribution >= 0.6 is 23.2 Å². The van der Waals surface area contributed by atoms with E-state index in [4.69, 9.17) is 23.2 Å². The van der Waals surface area contributed by atoms with Gasteiger partial charge in [0.25, 0.3) is 0 Å². The Morgan fingerprint density at radius 3 is 2.16 bits per heavy atom. The third kappa shape index (κ3) is 4.65. The van der Waals surface area contributed by atoms with Crippen molar-refractivity contribution in [3.63, 3.8) is 0 Å². The van der Waals surface area contributed by atoms with Crippen molar-refractivity contribution in [2.45, 2.75) is 50.9 Å². The summed E-state index contributed by atoms with van der Waals surface area (Å²) in [7, 11) is 0. The Morgan fingerprint density at radius 1 is 0.947 bits per heavy atom. The molecule has 1 aliphatic carbocycles. The number of rotatable bonds is 5. The van der Waals surface area contributed by atoms with E-state index in [0.717, 1.165) is 28.8 Å². The SMILES string of the molecule is FCCCCC1CCC(c2cc(Cl)cc(Cl)c2)CC1. The van der Waals surface area contributed by atoms with Gasteiger partial charge in [-0.25, -0.2) is 0 Å². The first-order chi connectivity index (χ1) is 9.19. The Morgan fingerprint density at radius 2 is 1.58 bits per heavy atom. The van der Waals surface area contributed by atoms with Crippen LogP contribution in [0.4, 0.5) is 4.39 Å². The van der Waals surface area contributed by atoms with Crippen molar-refractivity contribution in [3.05, 3.63) is 33.8 Å². The van der Waals surface area contributed by atoms with E-state index < -0.39 is 0 Å². The second-order valence-corrected chi connectivity index (χ2v) is 6.48. The smallest absolute Gasteiger partial charge is 0.0894 e. The van der Waals surface area contributed by atoms with Crippen LogP contribution < -0.4 is 0 Å². The molecule has 1 saturated carbocycles. The molecule has 19 heavy (non-hydrogen) atoms. The van der Waals surface area contributed by atoms with Gasteiger partial charge in [-0.2, -0.15) is 0 Å². The van der Waals surface area contributed by atoms with Crippen LogP contribution in [0.3, 0.4) is 0 Å². The first kappa shape index (κ1) is 15.1. The molecule has 1 fully saturated rings. The van der Waals surface area contributed by atoms with Crippen LogP contribution in [-0.2, 0) is 0 Å². The van der Waals surface area contributed by atoms with Gasteiger partial charge in [0.05, 0.1) is 6.67 Å². The maximum atomic E-state index is 12.1. The van der Waals surface area contributed by atoms with Crippen LogP contribution in [0.25, 0.3) is 0 Å². The van der Waals surface area contributed by atoms with Crippen LogP contribution in [0.2, 0.25) is 10.0 Å². The number of benzene rings is 1. The molecule has 0 radical (unpaired) electrons. The maximum Gasteiger partial charge on any atom is 0.0894 e. The fraction of sp³-hybridized carbons (Fsp3) is 0.625. The molecule has 0 unspecified atom stereocenters. The second kappa shape index (κ2) is 7.50. The van der Waals surface area contributed by atoms with Crippen LogP contribution in [0, 0.1) is 5.92 Å². The summed E-state index contributed by atoms with van der Waals surface area (Å²) < 4.78 is 12.1. The lowest BCUT2D eigenvalue weighted by atomic mass is 9.77. The molecule has 0 atom stereocenters. The quantitative estimate of drug-likeness (QED) is 0.551. The average molecular weight is 303 g/mol. The fourth-order valence-electron chi connectivity index (χ4n) is 3.12. The molecule has 106 valence electrons. The molecule has 0 amide bonds. The minimum Gasteiger partial charge on any atom is -0.251 e. The lowest BCUT2D eigenvalue weighted by Crippen LogP contribution is -2.13. The Balaban J connectivity index is 1.85. The van der Waals surface area contributed by atoms with E-state index in [1.807, 2.05) is 12.1 Å². The third-order valence-corrected chi connectivity index (χ3v) is 4.64. The molecule has 0 heterocycles. The van der Waals surface area contributed by atoms with E-state index in [1.54, 1.807) is 6.07 Å². The summed E-state index contributed by atoms with van der Waals surface area (Å²) in [5.41, 5.74) is 1.28. The second-order valence-electron chi connectivity index (χ2n) is 5.61. The zero-order valence-corrected chi connectivity index (χ0v) is 12.7. The first-order valence-corrected chi connectivity index (χ1v) is 7.96. The Kier molecular flexibility index (Phi) is 5.97. The highest BCUT2D eigenvalue weighted by Crippen LogP contribution is 2.39. The lowest BCUT2D eigenvalue weighted by molar-refractivity contribution is 0.298. The van der Waals surface area contributed by atoms with Gasteiger partial charge in [-0.3, -0.25) is 4.39 Å². The molecule has 0 N–H and O–H groups in total. The fourth-order valence-corrected chi connectivity index (χ4v) is 3.67. The molecule has 3 heteroatoms. The number of unbranched alkanes of at least 4 members (excludes halogenated alkanes) is 1. The highest BCUT2D eigenvalue weighted by Gasteiger charge is 2.22. The summed E-state index contributed by atoms with van der Waals surface area (Å²) in [4.78, 5) is 0. The first-order valence-electron chi connectivity index (χ1n) is 7.21. The molecule has 0 spiro atoms. The molecule has 2 rings (SSSR count). The van der Waals surface area contributed by atoms with Crippen molar-refractivity contribution in [1.29, 1.82) is 0 Å². The van der Waals surface area contributed by atoms with Crippen molar-refractivity contribution in [1.82, 2.24) is 0 Å². The molecule has 0 aliphatic heterocycles. The van der Waals surface area contributed by atoms with Gasteiger partial charge in [0, 0.05) is 10.0 Å². The highest BCUT2D eigenvalue weighted by molar-refractivity contribution is 6.34. The standard InChI is InChI=1S/C16H21Cl2F/c17-15-9-14(10-16(18)11-15)13-6-4-12(5-7-13)3-1-2-8-19/h9-13H,1-8H2. The van der Waals surface area contributed by atoms with E-state index in [0.29, 0.717) is 5.92 Å². The van der Waals surface area contributed by atoms with E-state index in [1.165, 1.54) is 37.7 Å². The van der Waals surface area contributed by atoms with Crippen LogP contribution in [0.1, 0.15) is 56.4 Å². The molecule has 1 aromatic carbocycles. The highest BCUT2D eigenvalue weighted by atomic mass is 35.5. The monoisotopic (exact) mass is 302 g/mol. The molecule has 0 nitrogen and oxygen atoms in total. The molecule has 0 bridgehead atoms. The number of hydrogen-bond acceptors (Lipinski definition) is 0. The van der Waals surface area contributed by atoms with E-state index in [-0.39, 0.29) is 6.67 Å². The molecule has 1 aliphatic rings. The molecule has 0 saturated heterocycles. The van der Waals surface area contributed by atoms with Crippen LogP contribution in [0.15, 0.2) is 18.2 Å². The van der Waals surface area contributed by atoms with Crippen molar-refractivity contribution >= 4 is 23.2 Å². The van der Waals surface area contributed by atoms with E-state index >= 15 is 0 Å². The molecular formula is C16H21Cl2F. The Bertz CT molecular complexity index is 377. The average Bonchev–Trinajstić information content (AvgIpc) is 2.39. The van der Waals surface area contributed by atoms with E-state index in [9.17, 15) is 4.39 Å². The summed E-state index contributed by atoms with van der Waals surface area (Å²) in [5, 5.41) is 1.46. The van der Waals surface area contributed by atoms with Crippen molar-refractivity contribution in [2.24, 2.45) is 5.92 Å². The zero-order chi connectivity index (χ0) is 13.7. The number of alkyl halides is 1. The van der Waals surface area contributed by atoms with Gasteiger partial charge in [-0.05, 0) is 67.7 Å². The van der Waals surface area contributed by atoms with Gasteiger partial charge in [0.1, 0.15) is 0 Å². The van der Waals surface area contributed by atoms with Gasteiger partial charge in [-0.1, -0.05) is 36.0 Å². The van der Waals surface area contributed by atoms with Gasteiger partial charge >= 0.3 is 0 Å². The summed E-state index contributed by atoms with van der Waals surface area (Å²) in [6, 6.07) is 5.87. The van der Waals surface area contributed by atoms with Gasteiger partial charge in [0.15, 0.2) is 0 Å². The predicted octanol–water partition coefficient (Wildman–Crippen LogP) is 6.41. The molecular weight excluding hydrogens is 282 g/mol. The molecule has 1 aromatic rings. The minimum absolute atomic E-state index is 0.170. The summed E-state index contributed by atoms with van der Waals surface area (Å²) in [6.45, 7) is -0.170. The van der Waals surface area contributed by atoms with Crippen LogP contribution in [0.5, 0.6) is 0 Å². The topological polar surface area (TPSA) is 0 Å². The van der Waals surface area contributed by atoms with Gasteiger partial charge in [0.2, 0.25) is 0 Å². The summed E-state index contributed by atoms with van der Waals surface area (Å²) in [6.07, 6.45) is 7.86. The largest absolute Gasteiger partial charge is 0.251 e. The number of halogens is 3. The third-order valence-electron chi connectivity index (χ3n) is 4.20. The lowest BCUT2D eigenvalue weighted by Gasteiger charge is -2.29. The van der Waals surface area contributed by atoms with E-state index in [2.05, 4.69) is 0 Å². The van der Waals surface area contributed by atoms with Crippen molar-refractivity contribution < 1.29 is 4.39 Å². The van der Waals surface area contributed by atoms with Crippen LogP contribution in [-0.4, -0.2) is 6.67 Å². The zero-order valence-electron chi connectivity index (χ0n) is 11.2. The minimum atomic E-state index is -0.170. The Labute approximate surface area is 125 Å². The summed E-state index contributed by atoms with van der Waals surface area (Å²) in [5.74, 6) is 1.38. The number of hydrogen-bond donors (Lipinski definition) is 0. The maximum absolute atomic E-state index is 12.1.